The standard InChI is InChI=1S/C22H30N6O2/c1-23-22(24-13-7-9-21-26-25-20-8-5-6-14-28(20)21)27(2)15-12-17-10-11-18(29-3)19(16-17)30-4/h5-6,8,10-11,14,16H,7,9,12-13,15H2,1-4H3,(H,23,24). The third kappa shape index (κ3) is 5.20. The molecule has 8 nitrogen and oxygen atoms in total. The van der Waals surface area contributed by atoms with Crippen LogP contribution >= 0.6 is 0 Å². The molecule has 8 heteroatoms. The Morgan fingerprint density at radius 3 is 2.70 bits per heavy atom. The largest absolute Gasteiger partial charge is 0.493 e. The van der Waals surface area contributed by atoms with Gasteiger partial charge in [-0.1, -0.05) is 12.1 Å². The van der Waals surface area contributed by atoms with Crippen molar-refractivity contribution in [1.29, 1.82) is 0 Å². The third-order valence-electron chi connectivity index (χ3n) is 5.00. The predicted octanol–water partition coefficient (Wildman–Crippen LogP) is 2.43. The number of ether oxygens (including phenoxy) is 2. The predicted molar refractivity (Wildman–Crippen MR) is 119 cm³/mol. The summed E-state index contributed by atoms with van der Waals surface area (Å²) in [5, 5.41) is 11.9. The van der Waals surface area contributed by atoms with E-state index < -0.39 is 0 Å². The van der Waals surface area contributed by atoms with Crippen molar-refractivity contribution in [2.24, 2.45) is 4.99 Å². The van der Waals surface area contributed by atoms with Crippen LogP contribution in [-0.2, 0) is 12.8 Å². The Labute approximate surface area is 177 Å². The number of nitrogens with zero attached hydrogens (tertiary/aromatic N) is 5. The van der Waals surface area contributed by atoms with Gasteiger partial charge in [-0.15, -0.1) is 10.2 Å². The van der Waals surface area contributed by atoms with Crippen molar-refractivity contribution < 1.29 is 9.47 Å². The van der Waals surface area contributed by atoms with Crippen molar-refractivity contribution in [2.45, 2.75) is 19.3 Å². The van der Waals surface area contributed by atoms with Crippen LogP contribution in [0.2, 0.25) is 0 Å². The molecular formula is C22H30N6O2. The number of hydrogen-bond donors (Lipinski definition) is 1. The van der Waals surface area contributed by atoms with Crippen LogP contribution in [0.4, 0.5) is 0 Å². The molecule has 1 N–H and O–H groups in total. The van der Waals surface area contributed by atoms with Gasteiger partial charge in [-0.3, -0.25) is 9.39 Å². The molecule has 0 saturated heterocycles. The molecule has 0 atom stereocenters. The minimum atomic E-state index is 0.743. The molecule has 0 fully saturated rings. The molecule has 1 aromatic carbocycles. The molecule has 0 unspecified atom stereocenters. The highest BCUT2D eigenvalue weighted by molar-refractivity contribution is 5.79. The molecule has 0 radical (unpaired) electrons. The van der Waals surface area contributed by atoms with E-state index in [-0.39, 0.29) is 0 Å². The number of benzene rings is 1. The average molecular weight is 411 g/mol. The van der Waals surface area contributed by atoms with Crippen molar-refractivity contribution in [3.63, 3.8) is 0 Å². The summed E-state index contributed by atoms with van der Waals surface area (Å²) < 4.78 is 12.7. The monoisotopic (exact) mass is 410 g/mol. The lowest BCUT2D eigenvalue weighted by molar-refractivity contribution is 0.354. The maximum atomic E-state index is 5.39. The topological polar surface area (TPSA) is 76.3 Å². The fourth-order valence-corrected chi connectivity index (χ4v) is 3.33. The van der Waals surface area contributed by atoms with Gasteiger partial charge in [0, 0.05) is 39.8 Å². The highest BCUT2D eigenvalue weighted by Gasteiger charge is 2.09. The van der Waals surface area contributed by atoms with Crippen LogP contribution in [0.3, 0.4) is 0 Å². The fourth-order valence-electron chi connectivity index (χ4n) is 3.33. The molecule has 160 valence electrons. The molecule has 0 spiro atoms. The lowest BCUT2D eigenvalue weighted by Gasteiger charge is -2.22. The summed E-state index contributed by atoms with van der Waals surface area (Å²) in [5.41, 5.74) is 2.07. The number of pyridine rings is 1. The second-order valence-corrected chi connectivity index (χ2v) is 6.98. The first-order valence-corrected chi connectivity index (χ1v) is 10.1. The van der Waals surface area contributed by atoms with Gasteiger partial charge in [-0.05, 0) is 42.7 Å². The van der Waals surface area contributed by atoms with E-state index in [0.717, 1.165) is 61.3 Å². The highest BCUT2D eigenvalue weighted by Crippen LogP contribution is 2.27. The van der Waals surface area contributed by atoms with Gasteiger partial charge in [0.2, 0.25) is 0 Å². The summed E-state index contributed by atoms with van der Waals surface area (Å²) in [6, 6.07) is 11.9. The summed E-state index contributed by atoms with van der Waals surface area (Å²) in [4.78, 5) is 6.53. The van der Waals surface area contributed by atoms with E-state index in [1.165, 1.54) is 5.56 Å². The Kier molecular flexibility index (Phi) is 7.48. The number of aryl methyl sites for hydroxylation is 1. The van der Waals surface area contributed by atoms with E-state index in [9.17, 15) is 0 Å². The molecular weight excluding hydrogens is 380 g/mol. The first-order valence-electron chi connectivity index (χ1n) is 10.1. The van der Waals surface area contributed by atoms with Gasteiger partial charge in [0.1, 0.15) is 5.82 Å². The zero-order valence-electron chi connectivity index (χ0n) is 18.1. The second-order valence-electron chi connectivity index (χ2n) is 6.98. The van der Waals surface area contributed by atoms with Crippen LogP contribution in [0.1, 0.15) is 17.8 Å². The molecule has 0 aliphatic heterocycles. The number of aromatic nitrogens is 3. The quantitative estimate of drug-likeness (QED) is 0.332. The average Bonchev–Trinajstić information content (AvgIpc) is 3.20. The first-order chi connectivity index (χ1) is 14.7. The Morgan fingerprint density at radius 1 is 1.10 bits per heavy atom. The number of aliphatic imine (C=N–C) groups is 1. The third-order valence-corrected chi connectivity index (χ3v) is 5.00. The van der Waals surface area contributed by atoms with Crippen LogP contribution in [0.25, 0.3) is 5.65 Å². The van der Waals surface area contributed by atoms with Gasteiger partial charge < -0.3 is 19.7 Å². The molecule has 0 saturated carbocycles. The normalized spacial score (nSPS) is 11.5. The Bertz CT molecular complexity index is 985. The summed E-state index contributed by atoms with van der Waals surface area (Å²) in [5.74, 6) is 3.35. The first kappa shape index (κ1) is 21.4. The van der Waals surface area contributed by atoms with Crippen LogP contribution in [0.15, 0.2) is 47.6 Å². The van der Waals surface area contributed by atoms with Crippen molar-refractivity contribution in [1.82, 2.24) is 24.8 Å². The Morgan fingerprint density at radius 2 is 1.93 bits per heavy atom. The molecule has 3 rings (SSSR count). The number of nitrogens with one attached hydrogen (secondary N) is 1. The maximum Gasteiger partial charge on any atom is 0.193 e. The lowest BCUT2D eigenvalue weighted by atomic mass is 10.1. The molecule has 0 bridgehead atoms. The van der Waals surface area contributed by atoms with Crippen LogP contribution in [0, 0.1) is 0 Å². The van der Waals surface area contributed by atoms with Gasteiger partial charge in [0.25, 0.3) is 0 Å². The summed E-state index contributed by atoms with van der Waals surface area (Å²) in [7, 11) is 7.15. The van der Waals surface area contributed by atoms with Crippen LogP contribution in [0.5, 0.6) is 11.5 Å². The van der Waals surface area contributed by atoms with E-state index in [0.29, 0.717) is 0 Å². The molecule has 0 amide bonds. The van der Waals surface area contributed by atoms with E-state index in [2.05, 4.69) is 31.5 Å². The fraction of sp³-hybridized carbons (Fsp3) is 0.409. The molecule has 2 heterocycles. The van der Waals surface area contributed by atoms with Gasteiger partial charge in [-0.2, -0.15) is 0 Å². The van der Waals surface area contributed by atoms with Crippen LogP contribution in [-0.4, -0.2) is 66.9 Å². The minimum absolute atomic E-state index is 0.743. The van der Waals surface area contributed by atoms with Gasteiger partial charge in [0.15, 0.2) is 23.1 Å². The van der Waals surface area contributed by atoms with Gasteiger partial charge in [-0.25, -0.2) is 0 Å². The van der Waals surface area contributed by atoms with Crippen molar-refractivity contribution in [2.75, 3.05) is 41.4 Å². The maximum absolute atomic E-state index is 5.39. The zero-order chi connectivity index (χ0) is 21.3. The summed E-state index contributed by atoms with van der Waals surface area (Å²) in [6.45, 7) is 1.65. The van der Waals surface area contributed by atoms with Gasteiger partial charge >= 0.3 is 0 Å². The number of fused-ring (bicyclic) bond motifs is 1. The summed E-state index contributed by atoms with van der Waals surface area (Å²) in [6.07, 6.45) is 4.67. The summed E-state index contributed by atoms with van der Waals surface area (Å²) >= 11 is 0. The number of rotatable bonds is 9. The van der Waals surface area contributed by atoms with Gasteiger partial charge in [0.05, 0.1) is 14.2 Å². The molecule has 0 aliphatic carbocycles. The van der Waals surface area contributed by atoms with E-state index >= 15 is 0 Å². The number of methoxy groups -OCH3 is 2. The van der Waals surface area contributed by atoms with Crippen molar-refractivity contribution in [3.8, 4) is 11.5 Å². The highest BCUT2D eigenvalue weighted by atomic mass is 16.5. The van der Waals surface area contributed by atoms with Crippen molar-refractivity contribution >= 4 is 11.6 Å². The molecule has 3 aromatic rings. The van der Waals surface area contributed by atoms with Crippen molar-refractivity contribution in [3.05, 3.63) is 54.0 Å². The van der Waals surface area contributed by atoms with Crippen LogP contribution < -0.4 is 14.8 Å². The minimum Gasteiger partial charge on any atom is -0.493 e. The van der Waals surface area contributed by atoms with E-state index in [1.807, 2.05) is 48.0 Å². The lowest BCUT2D eigenvalue weighted by Crippen LogP contribution is -2.40. The molecule has 30 heavy (non-hydrogen) atoms. The molecule has 2 aromatic heterocycles. The SMILES string of the molecule is CN=C(NCCCc1nnc2ccccn12)N(C)CCc1ccc(OC)c(OC)c1. The number of likely N-dealkylation sites (N-methyl/N-ethyl adjacent to an activating group) is 1. The zero-order valence-corrected chi connectivity index (χ0v) is 18.1. The smallest absolute Gasteiger partial charge is 0.193 e. The van der Waals surface area contributed by atoms with E-state index in [4.69, 9.17) is 9.47 Å². The Hall–Kier alpha value is -3.29. The second kappa shape index (κ2) is 10.5. The molecule has 0 aliphatic rings. The number of guanidine groups is 1. The van der Waals surface area contributed by atoms with E-state index in [1.54, 1.807) is 21.3 Å². The number of hydrogen-bond acceptors (Lipinski definition) is 5. The Balaban J connectivity index is 1.46.